The molecule has 2 aromatic carbocycles. The lowest BCUT2D eigenvalue weighted by molar-refractivity contribution is 0.628. The summed E-state index contributed by atoms with van der Waals surface area (Å²) in [5.41, 5.74) is 2.84. The predicted molar refractivity (Wildman–Crippen MR) is 86.7 cm³/mol. The fraction of sp³-hybridized carbons (Fsp3) is 0.125. The van der Waals surface area contributed by atoms with Gasteiger partial charge in [-0.15, -0.1) is 0 Å². The highest BCUT2D eigenvalue weighted by molar-refractivity contribution is 6.39. The fourth-order valence-corrected chi connectivity index (χ4v) is 3.06. The number of aryl methyl sites for hydroxylation is 1. The number of anilines is 1. The van der Waals surface area contributed by atoms with E-state index in [0.717, 1.165) is 11.1 Å². The molecular weight excluding hydrogens is 310 g/mol. The maximum absolute atomic E-state index is 13.2. The third kappa shape index (κ3) is 2.71. The standard InChI is InChI=1S/C16H13Cl2FN2/c1-21-9-10(12-4-2-3-5-15(12)21)8-20-16-13(17)6-11(19)7-14(16)18/h2-7,9,20H,8H2,1H3. The second kappa shape index (κ2) is 5.58. The second-order valence-electron chi connectivity index (χ2n) is 4.88. The number of halogens is 3. The number of benzene rings is 2. The Morgan fingerprint density at radius 3 is 2.52 bits per heavy atom. The summed E-state index contributed by atoms with van der Waals surface area (Å²) in [6, 6.07) is 10.6. The normalized spacial score (nSPS) is 11.0. The van der Waals surface area contributed by atoms with Gasteiger partial charge in [0, 0.05) is 30.7 Å². The highest BCUT2D eigenvalue weighted by Gasteiger charge is 2.10. The number of aromatic nitrogens is 1. The van der Waals surface area contributed by atoms with Crippen molar-refractivity contribution in [2.45, 2.75) is 6.54 Å². The van der Waals surface area contributed by atoms with Crippen molar-refractivity contribution in [3.05, 3.63) is 64.0 Å². The van der Waals surface area contributed by atoms with Crippen LogP contribution in [0.2, 0.25) is 10.0 Å². The molecule has 1 N–H and O–H groups in total. The summed E-state index contributed by atoms with van der Waals surface area (Å²) in [4.78, 5) is 0. The number of fused-ring (bicyclic) bond motifs is 1. The molecule has 0 radical (unpaired) electrons. The van der Waals surface area contributed by atoms with Crippen LogP contribution in [-0.4, -0.2) is 4.57 Å². The smallest absolute Gasteiger partial charge is 0.126 e. The quantitative estimate of drug-likeness (QED) is 0.698. The largest absolute Gasteiger partial charge is 0.378 e. The number of nitrogens with one attached hydrogen (secondary N) is 1. The molecule has 1 aromatic heterocycles. The molecule has 108 valence electrons. The summed E-state index contributed by atoms with van der Waals surface area (Å²) >= 11 is 12.1. The van der Waals surface area contributed by atoms with Crippen molar-refractivity contribution >= 4 is 39.8 Å². The lowest BCUT2D eigenvalue weighted by Crippen LogP contribution is -2.00. The Labute approximate surface area is 132 Å². The molecule has 0 unspecified atom stereocenters. The Balaban J connectivity index is 1.91. The van der Waals surface area contributed by atoms with Crippen molar-refractivity contribution in [3.8, 4) is 0 Å². The molecule has 0 atom stereocenters. The lowest BCUT2D eigenvalue weighted by Gasteiger charge is -2.10. The topological polar surface area (TPSA) is 17.0 Å². The summed E-state index contributed by atoms with van der Waals surface area (Å²) in [5, 5.41) is 4.91. The first kappa shape index (κ1) is 14.2. The number of rotatable bonds is 3. The number of hydrogen-bond donors (Lipinski definition) is 1. The van der Waals surface area contributed by atoms with Crippen molar-refractivity contribution < 1.29 is 4.39 Å². The molecule has 0 spiro atoms. The highest BCUT2D eigenvalue weighted by Crippen LogP contribution is 2.32. The summed E-state index contributed by atoms with van der Waals surface area (Å²) < 4.78 is 15.3. The Kier molecular flexibility index (Phi) is 3.79. The van der Waals surface area contributed by atoms with E-state index in [-0.39, 0.29) is 10.0 Å². The van der Waals surface area contributed by atoms with Gasteiger partial charge < -0.3 is 9.88 Å². The van der Waals surface area contributed by atoms with Crippen LogP contribution in [0.5, 0.6) is 0 Å². The van der Waals surface area contributed by atoms with Crippen molar-refractivity contribution in [2.24, 2.45) is 7.05 Å². The maximum Gasteiger partial charge on any atom is 0.126 e. The van der Waals surface area contributed by atoms with E-state index in [4.69, 9.17) is 23.2 Å². The van der Waals surface area contributed by atoms with Gasteiger partial charge in [0.25, 0.3) is 0 Å². The molecule has 0 fully saturated rings. The molecule has 21 heavy (non-hydrogen) atoms. The zero-order valence-corrected chi connectivity index (χ0v) is 12.8. The van der Waals surface area contributed by atoms with Gasteiger partial charge in [0.2, 0.25) is 0 Å². The number of para-hydroxylation sites is 1. The maximum atomic E-state index is 13.2. The number of hydrogen-bond acceptors (Lipinski definition) is 1. The summed E-state index contributed by atoms with van der Waals surface area (Å²) in [7, 11) is 2.00. The minimum absolute atomic E-state index is 0.278. The van der Waals surface area contributed by atoms with Crippen LogP contribution in [-0.2, 0) is 13.6 Å². The van der Waals surface area contributed by atoms with E-state index in [2.05, 4.69) is 28.2 Å². The molecule has 5 heteroatoms. The molecule has 0 aliphatic carbocycles. The van der Waals surface area contributed by atoms with Crippen LogP contribution < -0.4 is 5.32 Å². The van der Waals surface area contributed by atoms with E-state index in [0.29, 0.717) is 12.2 Å². The zero-order valence-electron chi connectivity index (χ0n) is 11.3. The number of nitrogens with zero attached hydrogens (tertiary/aromatic N) is 1. The molecule has 3 rings (SSSR count). The van der Waals surface area contributed by atoms with E-state index in [1.54, 1.807) is 0 Å². The Morgan fingerprint density at radius 2 is 1.81 bits per heavy atom. The molecule has 0 bridgehead atoms. The predicted octanol–water partition coefficient (Wildman–Crippen LogP) is 5.24. The third-order valence-corrected chi connectivity index (χ3v) is 4.04. The average Bonchev–Trinajstić information content (AvgIpc) is 2.75. The molecule has 1 heterocycles. The van der Waals surface area contributed by atoms with Gasteiger partial charge in [0.05, 0.1) is 15.7 Å². The molecule has 3 aromatic rings. The first-order valence-corrected chi connectivity index (χ1v) is 7.23. The van der Waals surface area contributed by atoms with Crippen molar-refractivity contribution in [1.82, 2.24) is 4.57 Å². The molecule has 0 saturated heterocycles. The van der Waals surface area contributed by atoms with E-state index < -0.39 is 5.82 Å². The Hall–Kier alpha value is -1.71. The van der Waals surface area contributed by atoms with Gasteiger partial charge in [-0.2, -0.15) is 0 Å². The minimum Gasteiger partial charge on any atom is -0.378 e. The molecular formula is C16H13Cl2FN2. The van der Waals surface area contributed by atoms with E-state index >= 15 is 0 Å². The van der Waals surface area contributed by atoms with Gasteiger partial charge >= 0.3 is 0 Å². The van der Waals surface area contributed by atoms with Crippen LogP contribution >= 0.6 is 23.2 Å². The van der Waals surface area contributed by atoms with Crippen LogP contribution in [0.1, 0.15) is 5.56 Å². The summed E-state index contributed by atoms with van der Waals surface area (Å²) in [5.74, 6) is -0.444. The van der Waals surface area contributed by atoms with E-state index in [1.807, 2.05) is 19.2 Å². The monoisotopic (exact) mass is 322 g/mol. The SMILES string of the molecule is Cn1cc(CNc2c(Cl)cc(F)cc2Cl)c2ccccc21. The highest BCUT2D eigenvalue weighted by atomic mass is 35.5. The van der Waals surface area contributed by atoms with E-state index in [9.17, 15) is 4.39 Å². The zero-order chi connectivity index (χ0) is 15.0. The lowest BCUT2D eigenvalue weighted by atomic mass is 10.2. The van der Waals surface area contributed by atoms with Crippen LogP contribution in [0.4, 0.5) is 10.1 Å². The molecule has 0 amide bonds. The van der Waals surface area contributed by atoms with Crippen LogP contribution in [0.15, 0.2) is 42.6 Å². The molecule has 2 nitrogen and oxygen atoms in total. The van der Waals surface area contributed by atoms with Gasteiger partial charge in [0.1, 0.15) is 5.82 Å². The Morgan fingerprint density at radius 1 is 1.14 bits per heavy atom. The van der Waals surface area contributed by atoms with Crippen molar-refractivity contribution in [2.75, 3.05) is 5.32 Å². The van der Waals surface area contributed by atoms with Crippen molar-refractivity contribution in [3.63, 3.8) is 0 Å². The molecule has 0 aliphatic rings. The van der Waals surface area contributed by atoms with Crippen molar-refractivity contribution in [1.29, 1.82) is 0 Å². The fourth-order valence-electron chi connectivity index (χ4n) is 2.46. The van der Waals surface area contributed by atoms with Crippen LogP contribution in [0.3, 0.4) is 0 Å². The summed E-state index contributed by atoms with van der Waals surface area (Å²) in [6.45, 7) is 0.562. The van der Waals surface area contributed by atoms with Crippen LogP contribution in [0.25, 0.3) is 10.9 Å². The van der Waals surface area contributed by atoms with Gasteiger partial charge in [0.15, 0.2) is 0 Å². The van der Waals surface area contributed by atoms with Crippen LogP contribution in [0, 0.1) is 5.82 Å². The first-order chi connectivity index (χ1) is 10.1. The minimum atomic E-state index is -0.444. The second-order valence-corrected chi connectivity index (χ2v) is 5.69. The van der Waals surface area contributed by atoms with Gasteiger partial charge in [-0.25, -0.2) is 4.39 Å². The molecule has 0 aliphatic heterocycles. The first-order valence-electron chi connectivity index (χ1n) is 6.47. The third-order valence-electron chi connectivity index (χ3n) is 3.44. The molecule has 0 saturated carbocycles. The van der Waals surface area contributed by atoms with E-state index in [1.165, 1.54) is 17.5 Å². The van der Waals surface area contributed by atoms with Gasteiger partial charge in [-0.05, 0) is 23.8 Å². The summed E-state index contributed by atoms with van der Waals surface area (Å²) in [6.07, 6.45) is 2.06. The Bertz CT molecular complexity index is 788. The van der Waals surface area contributed by atoms with Gasteiger partial charge in [-0.3, -0.25) is 0 Å². The van der Waals surface area contributed by atoms with Gasteiger partial charge in [-0.1, -0.05) is 41.4 Å². The average molecular weight is 323 g/mol.